The van der Waals surface area contributed by atoms with Crippen LogP contribution in [0.1, 0.15) is 5.56 Å². The van der Waals surface area contributed by atoms with Crippen LogP contribution in [0.5, 0.6) is 0 Å². The first kappa shape index (κ1) is 19.0. The zero-order valence-corrected chi connectivity index (χ0v) is 18.8. The van der Waals surface area contributed by atoms with E-state index in [0.717, 1.165) is 33.0 Å². The Bertz CT molecular complexity index is 1450. The first-order valence-corrected chi connectivity index (χ1v) is 13.8. The van der Waals surface area contributed by atoms with Crippen molar-refractivity contribution in [3.8, 4) is 11.3 Å². The molecule has 5 rings (SSSR count). The molecule has 0 unspecified atom stereocenters. The van der Waals surface area contributed by atoms with Crippen molar-refractivity contribution in [1.29, 1.82) is 0 Å². The van der Waals surface area contributed by atoms with Crippen molar-refractivity contribution >= 4 is 45.6 Å². The number of halogens is 1. The van der Waals surface area contributed by atoms with E-state index in [0.29, 0.717) is 5.39 Å². The highest BCUT2D eigenvalue weighted by Crippen LogP contribution is 2.34. The molecule has 0 amide bonds. The van der Waals surface area contributed by atoms with Crippen LogP contribution in [-0.4, -0.2) is 13.1 Å². The summed E-state index contributed by atoms with van der Waals surface area (Å²) in [6, 6.07) is 22.8. The Morgan fingerprint density at radius 2 is 1.57 bits per heavy atom. The van der Waals surface area contributed by atoms with E-state index in [9.17, 15) is 4.39 Å². The SMILES string of the molecule is Cc1cc(F)c2c(ccc3c(-c4cc([Si](C)(C)C)c5ccccc5c4)nccc32)c1. The van der Waals surface area contributed by atoms with Crippen molar-refractivity contribution in [2.75, 3.05) is 0 Å². The summed E-state index contributed by atoms with van der Waals surface area (Å²) in [6.07, 6.45) is 1.81. The summed E-state index contributed by atoms with van der Waals surface area (Å²) in [5.41, 5.74) is 2.95. The zero-order valence-electron chi connectivity index (χ0n) is 17.8. The molecule has 30 heavy (non-hydrogen) atoms. The minimum absolute atomic E-state index is 0.172. The highest BCUT2D eigenvalue weighted by molar-refractivity contribution is 6.90. The number of hydrogen-bond acceptors (Lipinski definition) is 1. The summed E-state index contributed by atoms with van der Waals surface area (Å²) >= 11 is 0. The lowest BCUT2D eigenvalue weighted by Crippen LogP contribution is -2.38. The summed E-state index contributed by atoms with van der Waals surface area (Å²) in [6.45, 7) is 9.05. The topological polar surface area (TPSA) is 12.9 Å². The van der Waals surface area contributed by atoms with Crippen molar-refractivity contribution in [2.45, 2.75) is 26.6 Å². The minimum Gasteiger partial charge on any atom is -0.256 e. The summed E-state index contributed by atoms with van der Waals surface area (Å²) in [7, 11) is -1.58. The fourth-order valence-electron chi connectivity index (χ4n) is 4.52. The van der Waals surface area contributed by atoms with Crippen LogP contribution in [0.25, 0.3) is 43.6 Å². The molecule has 1 heterocycles. The fourth-order valence-corrected chi connectivity index (χ4v) is 6.14. The van der Waals surface area contributed by atoms with Crippen LogP contribution in [0.15, 0.2) is 72.9 Å². The molecule has 4 aromatic carbocycles. The van der Waals surface area contributed by atoms with Gasteiger partial charge in [-0.3, -0.25) is 4.98 Å². The molecule has 0 atom stereocenters. The van der Waals surface area contributed by atoms with Gasteiger partial charge >= 0.3 is 0 Å². The molecule has 0 N–H and O–H groups in total. The standard InChI is InChI=1S/C27H24FNSi/c1-17-13-19-9-10-23-22(26(19)24(28)14-17)11-12-29-27(23)20-15-18-7-5-6-8-21(18)25(16-20)30(2,3)4/h5-16H,1-4H3. The number of benzene rings is 4. The first-order chi connectivity index (χ1) is 14.3. The lowest BCUT2D eigenvalue weighted by atomic mass is 9.96. The Kier molecular flexibility index (Phi) is 4.26. The number of pyridine rings is 1. The second-order valence-electron chi connectivity index (χ2n) is 9.16. The smallest absolute Gasteiger partial charge is 0.131 e. The Hall–Kier alpha value is -3.04. The Morgan fingerprint density at radius 1 is 0.767 bits per heavy atom. The van der Waals surface area contributed by atoms with Gasteiger partial charge in [0.2, 0.25) is 0 Å². The highest BCUT2D eigenvalue weighted by Gasteiger charge is 2.21. The number of aryl methyl sites for hydroxylation is 1. The minimum atomic E-state index is -1.58. The molecule has 1 aromatic heterocycles. The maximum Gasteiger partial charge on any atom is 0.131 e. The van der Waals surface area contributed by atoms with Gasteiger partial charge in [-0.05, 0) is 52.2 Å². The van der Waals surface area contributed by atoms with Gasteiger partial charge in [0.15, 0.2) is 0 Å². The number of hydrogen-bond donors (Lipinski definition) is 0. The van der Waals surface area contributed by atoms with Crippen molar-refractivity contribution in [2.24, 2.45) is 0 Å². The molecular weight excluding hydrogens is 385 g/mol. The largest absolute Gasteiger partial charge is 0.256 e. The first-order valence-electron chi connectivity index (χ1n) is 10.3. The Morgan fingerprint density at radius 3 is 2.37 bits per heavy atom. The summed E-state index contributed by atoms with van der Waals surface area (Å²) in [5.74, 6) is -0.172. The van der Waals surface area contributed by atoms with E-state index in [1.54, 1.807) is 12.3 Å². The van der Waals surface area contributed by atoms with Gasteiger partial charge in [-0.2, -0.15) is 0 Å². The summed E-state index contributed by atoms with van der Waals surface area (Å²) in [5, 5.41) is 7.49. The molecule has 3 heteroatoms. The van der Waals surface area contributed by atoms with E-state index in [1.807, 2.05) is 25.1 Å². The van der Waals surface area contributed by atoms with E-state index in [1.165, 1.54) is 16.0 Å². The lowest BCUT2D eigenvalue weighted by Gasteiger charge is -2.21. The quantitative estimate of drug-likeness (QED) is 0.222. The van der Waals surface area contributed by atoms with Crippen LogP contribution in [0.2, 0.25) is 19.6 Å². The second-order valence-corrected chi connectivity index (χ2v) is 14.2. The average Bonchev–Trinajstić information content (AvgIpc) is 2.71. The van der Waals surface area contributed by atoms with Gasteiger partial charge < -0.3 is 0 Å². The van der Waals surface area contributed by atoms with Crippen LogP contribution in [-0.2, 0) is 0 Å². The molecule has 5 aromatic rings. The van der Waals surface area contributed by atoms with E-state index >= 15 is 0 Å². The lowest BCUT2D eigenvalue weighted by molar-refractivity contribution is 0.639. The van der Waals surface area contributed by atoms with Crippen molar-refractivity contribution in [3.63, 3.8) is 0 Å². The molecule has 148 valence electrons. The van der Waals surface area contributed by atoms with E-state index in [-0.39, 0.29) is 5.82 Å². The molecule has 0 aliphatic heterocycles. The van der Waals surface area contributed by atoms with Crippen LogP contribution in [0, 0.1) is 12.7 Å². The molecule has 0 bridgehead atoms. The number of fused-ring (bicyclic) bond motifs is 4. The normalized spacial score (nSPS) is 12.2. The number of rotatable bonds is 2. The molecule has 0 aliphatic rings. The average molecular weight is 410 g/mol. The third-order valence-electron chi connectivity index (χ3n) is 5.90. The Labute approximate surface area is 177 Å². The summed E-state index contributed by atoms with van der Waals surface area (Å²) in [4.78, 5) is 4.75. The van der Waals surface area contributed by atoms with Gasteiger partial charge in [0.1, 0.15) is 5.82 Å². The van der Waals surface area contributed by atoms with Crippen molar-refractivity contribution in [1.82, 2.24) is 4.98 Å². The predicted octanol–water partition coefficient (Wildman–Crippen LogP) is 7.20. The van der Waals surface area contributed by atoms with Gasteiger partial charge in [-0.25, -0.2) is 4.39 Å². The molecule has 0 aliphatic carbocycles. The molecule has 0 saturated heterocycles. The van der Waals surface area contributed by atoms with Crippen molar-refractivity contribution < 1.29 is 4.39 Å². The zero-order chi connectivity index (χ0) is 21.0. The van der Waals surface area contributed by atoms with E-state index < -0.39 is 8.07 Å². The molecule has 0 fully saturated rings. The summed E-state index contributed by atoms with van der Waals surface area (Å²) < 4.78 is 14.9. The van der Waals surface area contributed by atoms with Crippen LogP contribution >= 0.6 is 0 Å². The third-order valence-corrected chi connectivity index (χ3v) is 7.93. The van der Waals surface area contributed by atoms with E-state index in [2.05, 4.69) is 62.1 Å². The maximum absolute atomic E-state index is 14.9. The van der Waals surface area contributed by atoms with Gasteiger partial charge in [0.05, 0.1) is 13.8 Å². The monoisotopic (exact) mass is 409 g/mol. The van der Waals surface area contributed by atoms with E-state index in [4.69, 9.17) is 4.98 Å². The molecular formula is C27H24FNSi. The molecule has 0 spiro atoms. The van der Waals surface area contributed by atoms with Crippen LogP contribution < -0.4 is 5.19 Å². The fraction of sp³-hybridized carbons (Fsp3) is 0.148. The molecule has 0 radical (unpaired) electrons. The van der Waals surface area contributed by atoms with Crippen LogP contribution in [0.4, 0.5) is 4.39 Å². The predicted molar refractivity (Wildman–Crippen MR) is 130 cm³/mol. The van der Waals surface area contributed by atoms with Gasteiger partial charge in [-0.15, -0.1) is 0 Å². The maximum atomic E-state index is 14.9. The van der Waals surface area contributed by atoms with Crippen molar-refractivity contribution in [3.05, 3.63) is 84.3 Å². The van der Waals surface area contributed by atoms with Crippen LogP contribution in [0.3, 0.4) is 0 Å². The number of aromatic nitrogens is 1. The second kappa shape index (κ2) is 6.75. The number of nitrogens with zero attached hydrogens (tertiary/aromatic N) is 1. The molecule has 1 nitrogen and oxygen atoms in total. The third kappa shape index (κ3) is 3.01. The van der Waals surface area contributed by atoms with Gasteiger partial charge in [0.25, 0.3) is 0 Å². The highest BCUT2D eigenvalue weighted by atomic mass is 28.3. The van der Waals surface area contributed by atoms with Gasteiger partial charge in [0, 0.05) is 22.5 Å². The molecule has 0 saturated carbocycles. The Balaban J connectivity index is 1.86. The van der Waals surface area contributed by atoms with Gasteiger partial charge in [-0.1, -0.05) is 73.4 Å².